The molecule has 2 fully saturated rings. The number of likely N-dealkylation sites (tertiary alicyclic amines) is 1. The third kappa shape index (κ3) is 4.20. The van der Waals surface area contributed by atoms with Crippen molar-refractivity contribution in [2.75, 3.05) is 46.1 Å². The number of hydrogen-bond acceptors (Lipinski definition) is 6. The van der Waals surface area contributed by atoms with Crippen LogP contribution in [0.25, 0.3) is 0 Å². The number of carbonyl (C=O) groups excluding carboxylic acids is 1. The number of sulfonamides is 1. The van der Waals surface area contributed by atoms with Gasteiger partial charge in [0.25, 0.3) is 5.91 Å². The highest BCUT2D eigenvalue weighted by Crippen LogP contribution is 2.39. The molecule has 2 aromatic carbocycles. The van der Waals surface area contributed by atoms with E-state index in [9.17, 15) is 13.2 Å². The normalized spacial score (nSPS) is 21.2. The van der Waals surface area contributed by atoms with Crippen molar-refractivity contribution in [3.05, 3.63) is 53.1 Å². The third-order valence-corrected chi connectivity index (χ3v) is 8.53. The average Bonchev–Trinajstić information content (AvgIpc) is 3.34. The van der Waals surface area contributed by atoms with Crippen molar-refractivity contribution in [1.82, 2.24) is 9.21 Å². The van der Waals surface area contributed by atoms with Gasteiger partial charge in [-0.1, -0.05) is 12.1 Å². The lowest BCUT2D eigenvalue weighted by Gasteiger charge is -2.28. The molecule has 1 amide bonds. The summed E-state index contributed by atoms with van der Waals surface area (Å²) in [6.45, 7) is 4.81. The molecule has 2 saturated heterocycles. The second-order valence-electron chi connectivity index (χ2n) is 8.56. The number of aryl methyl sites for hydroxylation is 1. The standard InChI is InChI=1S/C24H28N2O6S/c1-17-4-5-19(16-23(17)33(28,29)25-9-11-30-12-10-25)24(27)26-8-2-3-20(26)18-6-7-21-22(15-18)32-14-13-31-21/h4-7,15-16,20H,2-3,8-14H2,1H3/t20-/m1/s1. The summed E-state index contributed by atoms with van der Waals surface area (Å²) in [4.78, 5) is 15.5. The molecule has 1 atom stereocenters. The summed E-state index contributed by atoms with van der Waals surface area (Å²) in [7, 11) is -3.70. The molecule has 0 spiro atoms. The van der Waals surface area contributed by atoms with Gasteiger partial charge in [-0.25, -0.2) is 8.42 Å². The van der Waals surface area contributed by atoms with Gasteiger partial charge in [-0.15, -0.1) is 0 Å². The fraction of sp³-hybridized carbons (Fsp3) is 0.458. The third-order valence-electron chi connectivity index (χ3n) is 6.49. The van der Waals surface area contributed by atoms with Gasteiger partial charge in [0.05, 0.1) is 24.2 Å². The fourth-order valence-electron chi connectivity index (χ4n) is 4.73. The molecule has 3 heterocycles. The first-order valence-corrected chi connectivity index (χ1v) is 12.8. The second-order valence-corrected chi connectivity index (χ2v) is 10.5. The summed E-state index contributed by atoms with van der Waals surface area (Å²) in [5.74, 6) is 1.26. The van der Waals surface area contributed by atoms with Gasteiger partial charge in [-0.05, 0) is 55.2 Å². The number of benzene rings is 2. The zero-order chi connectivity index (χ0) is 23.0. The Bertz CT molecular complexity index is 1160. The Morgan fingerprint density at radius 1 is 0.939 bits per heavy atom. The summed E-state index contributed by atoms with van der Waals surface area (Å²) in [5.41, 5.74) is 2.01. The maximum atomic E-state index is 13.5. The van der Waals surface area contributed by atoms with Crippen molar-refractivity contribution in [2.45, 2.75) is 30.7 Å². The van der Waals surface area contributed by atoms with Crippen LogP contribution in [0, 0.1) is 6.92 Å². The lowest BCUT2D eigenvalue weighted by molar-refractivity contribution is 0.0727. The Labute approximate surface area is 194 Å². The number of hydrogen-bond donors (Lipinski definition) is 0. The number of carbonyl (C=O) groups is 1. The van der Waals surface area contributed by atoms with E-state index < -0.39 is 10.0 Å². The number of fused-ring (bicyclic) bond motifs is 1. The predicted octanol–water partition coefficient (Wildman–Crippen LogP) is 2.76. The van der Waals surface area contributed by atoms with Crippen molar-refractivity contribution in [1.29, 1.82) is 0 Å². The number of ether oxygens (including phenoxy) is 3. The van der Waals surface area contributed by atoms with Crippen molar-refractivity contribution in [2.24, 2.45) is 0 Å². The van der Waals surface area contributed by atoms with Gasteiger partial charge in [0.15, 0.2) is 11.5 Å². The number of morpholine rings is 1. The molecule has 0 saturated carbocycles. The molecule has 176 valence electrons. The molecule has 5 rings (SSSR count). The molecular weight excluding hydrogens is 444 g/mol. The summed E-state index contributed by atoms with van der Waals surface area (Å²) in [6.07, 6.45) is 1.73. The molecule has 0 bridgehead atoms. The van der Waals surface area contributed by atoms with Crippen molar-refractivity contribution < 1.29 is 27.4 Å². The molecule has 0 aromatic heterocycles. The van der Waals surface area contributed by atoms with E-state index in [1.807, 2.05) is 23.1 Å². The van der Waals surface area contributed by atoms with Gasteiger partial charge in [-0.2, -0.15) is 4.31 Å². The van der Waals surface area contributed by atoms with E-state index in [0.717, 1.165) is 24.2 Å². The van der Waals surface area contributed by atoms with Crippen LogP contribution in [0.15, 0.2) is 41.3 Å². The Morgan fingerprint density at radius 3 is 2.48 bits per heavy atom. The smallest absolute Gasteiger partial charge is 0.254 e. The molecule has 0 aliphatic carbocycles. The highest BCUT2D eigenvalue weighted by Gasteiger charge is 2.33. The van der Waals surface area contributed by atoms with Gasteiger partial charge in [-0.3, -0.25) is 4.79 Å². The van der Waals surface area contributed by atoms with Crippen LogP contribution in [0.4, 0.5) is 0 Å². The van der Waals surface area contributed by atoms with Crippen LogP contribution in [0.5, 0.6) is 11.5 Å². The van der Waals surface area contributed by atoms with Gasteiger partial charge in [0.1, 0.15) is 13.2 Å². The van der Waals surface area contributed by atoms with E-state index in [2.05, 4.69) is 0 Å². The Balaban J connectivity index is 1.42. The monoisotopic (exact) mass is 472 g/mol. The van der Waals surface area contributed by atoms with E-state index >= 15 is 0 Å². The van der Waals surface area contributed by atoms with Gasteiger partial charge >= 0.3 is 0 Å². The van der Waals surface area contributed by atoms with Crippen molar-refractivity contribution >= 4 is 15.9 Å². The molecule has 0 N–H and O–H groups in total. The minimum absolute atomic E-state index is 0.0890. The summed E-state index contributed by atoms with van der Waals surface area (Å²) >= 11 is 0. The SMILES string of the molecule is Cc1ccc(C(=O)N2CCC[C@@H]2c2ccc3c(c2)OCCO3)cc1S(=O)(=O)N1CCOCC1. The topological polar surface area (TPSA) is 85.4 Å². The summed E-state index contributed by atoms with van der Waals surface area (Å²) in [5, 5.41) is 0. The fourth-order valence-corrected chi connectivity index (χ4v) is 6.39. The minimum Gasteiger partial charge on any atom is -0.486 e. The van der Waals surface area contributed by atoms with Crippen LogP contribution >= 0.6 is 0 Å². The summed E-state index contributed by atoms with van der Waals surface area (Å²) < 4.78 is 44.6. The first-order chi connectivity index (χ1) is 15.9. The van der Waals surface area contributed by atoms with Crippen molar-refractivity contribution in [3.8, 4) is 11.5 Å². The number of rotatable bonds is 4. The highest BCUT2D eigenvalue weighted by molar-refractivity contribution is 7.89. The number of nitrogens with zero attached hydrogens (tertiary/aromatic N) is 2. The van der Waals surface area contributed by atoms with Gasteiger partial charge < -0.3 is 19.1 Å². The van der Waals surface area contributed by atoms with Crippen LogP contribution in [-0.2, 0) is 14.8 Å². The van der Waals surface area contributed by atoms with Crippen molar-refractivity contribution in [3.63, 3.8) is 0 Å². The molecule has 0 unspecified atom stereocenters. The molecular formula is C24H28N2O6S. The first kappa shape index (κ1) is 22.2. The Hall–Kier alpha value is -2.62. The molecule has 0 radical (unpaired) electrons. The zero-order valence-corrected chi connectivity index (χ0v) is 19.5. The van der Waals surface area contributed by atoms with E-state index in [1.54, 1.807) is 19.1 Å². The quantitative estimate of drug-likeness (QED) is 0.680. The zero-order valence-electron chi connectivity index (χ0n) is 18.7. The largest absolute Gasteiger partial charge is 0.486 e. The van der Waals surface area contributed by atoms with E-state index in [0.29, 0.717) is 62.9 Å². The van der Waals surface area contributed by atoms with Gasteiger partial charge in [0.2, 0.25) is 10.0 Å². The van der Waals surface area contributed by atoms with E-state index in [-0.39, 0.29) is 16.8 Å². The molecule has 2 aromatic rings. The minimum atomic E-state index is -3.70. The molecule has 3 aliphatic heterocycles. The summed E-state index contributed by atoms with van der Waals surface area (Å²) in [6, 6.07) is 10.7. The number of amides is 1. The lowest BCUT2D eigenvalue weighted by Crippen LogP contribution is -2.41. The van der Waals surface area contributed by atoms with Crippen LogP contribution < -0.4 is 9.47 Å². The Morgan fingerprint density at radius 2 is 1.70 bits per heavy atom. The average molecular weight is 473 g/mol. The van der Waals surface area contributed by atoms with Crippen LogP contribution in [-0.4, -0.2) is 69.6 Å². The second kappa shape index (κ2) is 8.96. The molecule has 3 aliphatic rings. The van der Waals surface area contributed by atoms with Crippen LogP contribution in [0.3, 0.4) is 0 Å². The van der Waals surface area contributed by atoms with Gasteiger partial charge in [0, 0.05) is 25.2 Å². The van der Waals surface area contributed by atoms with E-state index in [4.69, 9.17) is 14.2 Å². The molecule has 8 nitrogen and oxygen atoms in total. The van der Waals surface area contributed by atoms with Crippen LogP contribution in [0.1, 0.15) is 40.4 Å². The first-order valence-electron chi connectivity index (χ1n) is 11.3. The maximum absolute atomic E-state index is 13.5. The molecule has 9 heteroatoms. The highest BCUT2D eigenvalue weighted by atomic mass is 32.2. The maximum Gasteiger partial charge on any atom is 0.254 e. The lowest BCUT2D eigenvalue weighted by atomic mass is 10.0. The van der Waals surface area contributed by atoms with E-state index in [1.165, 1.54) is 10.4 Å². The van der Waals surface area contributed by atoms with Crippen LogP contribution in [0.2, 0.25) is 0 Å². The predicted molar refractivity (Wildman–Crippen MR) is 121 cm³/mol. The molecule has 33 heavy (non-hydrogen) atoms. The Kier molecular flexibility index (Phi) is 6.03.